The van der Waals surface area contributed by atoms with Gasteiger partial charge in [0, 0.05) is 0 Å². The summed E-state index contributed by atoms with van der Waals surface area (Å²) in [6.45, 7) is 0. The topological polar surface area (TPSA) is 46.2 Å². The molecule has 0 radical (unpaired) electrons. The number of nitrogens with one attached hydrogen (secondary N) is 1. The maximum atomic E-state index is 12.1. The van der Waals surface area contributed by atoms with Crippen LogP contribution in [0.25, 0.3) is 0 Å². The zero-order valence-corrected chi connectivity index (χ0v) is 12.6. The summed E-state index contributed by atoms with van der Waals surface area (Å²) in [4.78, 5) is 0.376. The molecule has 0 saturated carbocycles. The van der Waals surface area contributed by atoms with Crippen molar-refractivity contribution in [3.05, 3.63) is 58.1 Å². The summed E-state index contributed by atoms with van der Waals surface area (Å²) in [5, 5.41) is 4.09. The zero-order chi connectivity index (χ0) is 14.3. The molecule has 6 heteroatoms. The van der Waals surface area contributed by atoms with Gasteiger partial charge in [0.1, 0.15) is 0 Å². The number of sulfone groups is 1. The van der Waals surface area contributed by atoms with Gasteiger partial charge in [-0.05, 0) is 23.8 Å². The highest BCUT2D eigenvalue weighted by Gasteiger charge is 2.34. The van der Waals surface area contributed by atoms with Crippen molar-refractivity contribution in [2.24, 2.45) is 0 Å². The van der Waals surface area contributed by atoms with E-state index in [0.29, 0.717) is 20.6 Å². The van der Waals surface area contributed by atoms with Crippen LogP contribution in [0, 0.1) is 0 Å². The van der Waals surface area contributed by atoms with Crippen molar-refractivity contribution in [2.45, 2.75) is 10.9 Å². The first kappa shape index (κ1) is 13.7. The summed E-state index contributed by atoms with van der Waals surface area (Å²) in [6.07, 6.45) is 0. The Labute approximate surface area is 127 Å². The molecule has 104 valence electrons. The van der Waals surface area contributed by atoms with Gasteiger partial charge in [-0.15, -0.1) is 0 Å². The summed E-state index contributed by atoms with van der Waals surface area (Å²) in [5.41, 5.74) is 1.32. The van der Waals surface area contributed by atoms with Crippen LogP contribution in [-0.2, 0) is 9.84 Å². The molecule has 1 unspecified atom stereocenters. The van der Waals surface area contributed by atoms with Crippen LogP contribution in [-0.4, -0.2) is 14.2 Å². The van der Waals surface area contributed by atoms with E-state index in [9.17, 15) is 8.42 Å². The minimum Gasteiger partial charge on any atom is -0.375 e. The second-order valence-corrected chi connectivity index (χ2v) is 7.43. The fourth-order valence-corrected chi connectivity index (χ4v) is 4.62. The van der Waals surface area contributed by atoms with E-state index < -0.39 is 9.84 Å². The van der Waals surface area contributed by atoms with Gasteiger partial charge in [-0.1, -0.05) is 47.5 Å². The van der Waals surface area contributed by atoms with Crippen molar-refractivity contribution < 1.29 is 8.42 Å². The van der Waals surface area contributed by atoms with Gasteiger partial charge >= 0.3 is 0 Å². The van der Waals surface area contributed by atoms with Crippen LogP contribution in [0.2, 0.25) is 10.0 Å². The van der Waals surface area contributed by atoms with E-state index in [4.69, 9.17) is 23.2 Å². The highest BCUT2D eigenvalue weighted by atomic mass is 35.5. The van der Waals surface area contributed by atoms with Gasteiger partial charge < -0.3 is 5.32 Å². The van der Waals surface area contributed by atoms with Gasteiger partial charge in [0.15, 0.2) is 9.84 Å². The average molecular weight is 328 g/mol. The lowest BCUT2D eigenvalue weighted by Gasteiger charge is -2.16. The van der Waals surface area contributed by atoms with Crippen LogP contribution in [0.4, 0.5) is 5.69 Å². The molecule has 0 amide bonds. The SMILES string of the molecule is O=S1(=O)CC(Nc2c(Cl)cccc2Cl)c2ccccc21. The third-order valence-electron chi connectivity index (χ3n) is 3.30. The Morgan fingerprint density at radius 1 is 1.00 bits per heavy atom. The predicted octanol–water partition coefficient (Wildman–Crippen LogP) is 3.93. The van der Waals surface area contributed by atoms with Gasteiger partial charge in [-0.25, -0.2) is 8.42 Å². The lowest BCUT2D eigenvalue weighted by atomic mass is 10.1. The molecule has 0 fully saturated rings. The summed E-state index contributed by atoms with van der Waals surface area (Å²) >= 11 is 12.2. The number of hydrogen-bond donors (Lipinski definition) is 1. The minimum atomic E-state index is -3.25. The minimum absolute atomic E-state index is 0.00784. The fraction of sp³-hybridized carbons (Fsp3) is 0.143. The second-order valence-electron chi connectivity index (χ2n) is 4.61. The summed E-state index contributed by atoms with van der Waals surface area (Å²) in [7, 11) is -3.25. The maximum absolute atomic E-state index is 12.1. The Bertz CT molecular complexity index is 754. The van der Waals surface area contributed by atoms with Gasteiger partial charge in [0.05, 0.1) is 32.4 Å². The van der Waals surface area contributed by atoms with Crippen molar-refractivity contribution in [1.82, 2.24) is 0 Å². The Balaban J connectivity index is 2.02. The van der Waals surface area contributed by atoms with E-state index in [0.717, 1.165) is 5.56 Å². The second kappa shape index (κ2) is 4.95. The lowest BCUT2D eigenvalue weighted by molar-refractivity contribution is 0.598. The summed E-state index contributed by atoms with van der Waals surface area (Å²) in [5.74, 6) is 0.00784. The Kier molecular flexibility index (Phi) is 3.40. The molecule has 3 nitrogen and oxygen atoms in total. The number of hydrogen-bond acceptors (Lipinski definition) is 3. The fourth-order valence-electron chi connectivity index (χ4n) is 2.38. The van der Waals surface area contributed by atoms with Crippen LogP contribution in [0.15, 0.2) is 47.4 Å². The van der Waals surface area contributed by atoms with Crippen LogP contribution < -0.4 is 5.32 Å². The van der Waals surface area contributed by atoms with E-state index in [1.165, 1.54) is 0 Å². The third-order valence-corrected chi connectivity index (χ3v) is 5.74. The van der Waals surface area contributed by atoms with E-state index in [1.54, 1.807) is 30.3 Å². The number of anilines is 1. The predicted molar refractivity (Wildman–Crippen MR) is 81.3 cm³/mol. The van der Waals surface area contributed by atoms with Gasteiger partial charge in [0.25, 0.3) is 0 Å². The molecule has 20 heavy (non-hydrogen) atoms. The first-order valence-electron chi connectivity index (χ1n) is 6.01. The molecule has 0 aromatic heterocycles. The largest absolute Gasteiger partial charge is 0.375 e. The van der Waals surface area contributed by atoms with Gasteiger partial charge in [-0.3, -0.25) is 0 Å². The zero-order valence-electron chi connectivity index (χ0n) is 10.3. The summed E-state index contributed by atoms with van der Waals surface area (Å²) in [6, 6.07) is 11.8. The summed E-state index contributed by atoms with van der Waals surface area (Å²) < 4.78 is 24.2. The first-order chi connectivity index (χ1) is 9.49. The van der Waals surface area contributed by atoms with Crippen LogP contribution >= 0.6 is 23.2 Å². The van der Waals surface area contributed by atoms with Crippen LogP contribution in [0.1, 0.15) is 11.6 Å². The number of rotatable bonds is 2. The molecule has 0 aliphatic carbocycles. The molecule has 1 aliphatic rings. The molecular weight excluding hydrogens is 317 g/mol. The van der Waals surface area contributed by atoms with Crippen molar-refractivity contribution >= 4 is 38.7 Å². The average Bonchev–Trinajstić information content (AvgIpc) is 2.66. The molecule has 1 heterocycles. The van der Waals surface area contributed by atoms with Crippen molar-refractivity contribution in [3.63, 3.8) is 0 Å². The smallest absolute Gasteiger partial charge is 0.181 e. The molecule has 3 rings (SSSR count). The molecular formula is C14H11Cl2NO2S. The normalized spacial score (nSPS) is 19.6. The van der Waals surface area contributed by atoms with Gasteiger partial charge in [-0.2, -0.15) is 0 Å². The van der Waals surface area contributed by atoms with Crippen molar-refractivity contribution in [1.29, 1.82) is 0 Å². The Morgan fingerprint density at radius 3 is 2.35 bits per heavy atom. The third kappa shape index (κ3) is 2.28. The van der Waals surface area contributed by atoms with Gasteiger partial charge in [0.2, 0.25) is 0 Å². The van der Waals surface area contributed by atoms with Crippen molar-refractivity contribution in [3.8, 4) is 0 Å². The highest BCUT2D eigenvalue weighted by molar-refractivity contribution is 7.91. The quantitative estimate of drug-likeness (QED) is 0.908. The molecule has 0 bridgehead atoms. The standard InChI is InChI=1S/C14H11Cl2NO2S/c15-10-5-3-6-11(16)14(10)17-12-8-20(18,19)13-7-2-1-4-9(12)13/h1-7,12,17H,8H2. The maximum Gasteiger partial charge on any atom is 0.181 e. The van der Waals surface area contributed by atoms with E-state index in [2.05, 4.69) is 5.32 Å². The monoisotopic (exact) mass is 327 g/mol. The molecule has 1 N–H and O–H groups in total. The molecule has 2 aromatic carbocycles. The number of para-hydroxylation sites is 1. The molecule has 0 spiro atoms. The lowest BCUT2D eigenvalue weighted by Crippen LogP contribution is -2.13. The molecule has 0 saturated heterocycles. The Morgan fingerprint density at radius 2 is 1.65 bits per heavy atom. The van der Waals surface area contributed by atoms with E-state index in [-0.39, 0.29) is 11.8 Å². The Hall–Kier alpha value is -1.23. The van der Waals surface area contributed by atoms with Crippen LogP contribution in [0.3, 0.4) is 0 Å². The van der Waals surface area contributed by atoms with Crippen molar-refractivity contribution in [2.75, 3.05) is 11.1 Å². The van der Waals surface area contributed by atoms with E-state index in [1.807, 2.05) is 12.1 Å². The highest BCUT2D eigenvalue weighted by Crippen LogP contribution is 2.38. The number of benzene rings is 2. The number of halogens is 2. The first-order valence-corrected chi connectivity index (χ1v) is 8.42. The molecule has 1 aliphatic heterocycles. The van der Waals surface area contributed by atoms with E-state index >= 15 is 0 Å². The molecule has 1 atom stereocenters. The number of fused-ring (bicyclic) bond motifs is 1. The molecule has 2 aromatic rings. The van der Waals surface area contributed by atoms with Crippen LogP contribution in [0.5, 0.6) is 0 Å².